The Morgan fingerprint density at radius 1 is 1.00 bits per heavy atom. The van der Waals surface area contributed by atoms with Gasteiger partial charge in [-0.15, -0.1) is 0 Å². The molecule has 1 amide bonds. The Bertz CT molecular complexity index is 706. The van der Waals surface area contributed by atoms with E-state index in [1.54, 1.807) is 19.1 Å². The minimum atomic E-state index is -0.362. The maximum absolute atomic E-state index is 13.1. The van der Waals surface area contributed by atoms with Gasteiger partial charge in [-0.2, -0.15) is 0 Å². The summed E-state index contributed by atoms with van der Waals surface area (Å²) in [6.45, 7) is 1.72. The largest absolute Gasteiger partial charge is 0.493 e. The number of carbonyl (C=O) groups excluding carboxylic acids is 1. The molecule has 0 heterocycles. The van der Waals surface area contributed by atoms with Gasteiger partial charge in [0.25, 0.3) is 5.91 Å². The molecule has 1 N–H and O–H groups in total. The average molecular weight is 319 g/mol. The Kier molecular flexibility index (Phi) is 5.05. The first-order chi connectivity index (χ1) is 11.0. The number of methoxy groups -OCH3 is 3. The number of amides is 1. The van der Waals surface area contributed by atoms with Crippen molar-refractivity contribution in [1.82, 2.24) is 0 Å². The third-order valence-corrected chi connectivity index (χ3v) is 3.36. The molecular formula is C17H18FNO4. The van der Waals surface area contributed by atoms with E-state index in [2.05, 4.69) is 5.32 Å². The predicted octanol–water partition coefficient (Wildman–Crippen LogP) is 3.41. The van der Waals surface area contributed by atoms with Gasteiger partial charge in [0.15, 0.2) is 11.5 Å². The lowest BCUT2D eigenvalue weighted by molar-refractivity contribution is 0.102. The lowest BCUT2D eigenvalue weighted by Crippen LogP contribution is -2.13. The molecule has 0 saturated carbocycles. The lowest BCUT2D eigenvalue weighted by Gasteiger charge is -2.14. The molecule has 6 heteroatoms. The first-order valence-corrected chi connectivity index (χ1v) is 6.87. The number of anilines is 1. The van der Waals surface area contributed by atoms with Crippen molar-refractivity contribution >= 4 is 11.6 Å². The molecule has 0 bridgehead atoms. The van der Waals surface area contributed by atoms with Gasteiger partial charge < -0.3 is 19.5 Å². The highest BCUT2D eigenvalue weighted by molar-refractivity contribution is 6.05. The van der Waals surface area contributed by atoms with Crippen molar-refractivity contribution in [3.8, 4) is 17.2 Å². The van der Waals surface area contributed by atoms with E-state index < -0.39 is 0 Å². The van der Waals surface area contributed by atoms with Crippen LogP contribution in [0, 0.1) is 12.7 Å². The van der Waals surface area contributed by atoms with Crippen molar-refractivity contribution in [1.29, 1.82) is 0 Å². The number of aryl methyl sites for hydroxylation is 1. The van der Waals surface area contributed by atoms with Gasteiger partial charge in [0, 0.05) is 11.3 Å². The number of benzene rings is 2. The Balaban J connectivity index is 2.35. The van der Waals surface area contributed by atoms with E-state index in [1.807, 2.05) is 0 Å². The highest BCUT2D eigenvalue weighted by Crippen LogP contribution is 2.38. The highest BCUT2D eigenvalue weighted by Gasteiger charge is 2.17. The number of nitrogens with one attached hydrogen (secondary N) is 1. The molecule has 23 heavy (non-hydrogen) atoms. The summed E-state index contributed by atoms with van der Waals surface area (Å²) in [6.07, 6.45) is 0. The van der Waals surface area contributed by atoms with Gasteiger partial charge in [-0.25, -0.2) is 4.39 Å². The fraction of sp³-hybridized carbons (Fsp3) is 0.235. The zero-order chi connectivity index (χ0) is 17.0. The Morgan fingerprint density at radius 2 is 1.61 bits per heavy atom. The van der Waals surface area contributed by atoms with E-state index >= 15 is 0 Å². The summed E-state index contributed by atoms with van der Waals surface area (Å²) in [5.74, 6) is 0.456. The van der Waals surface area contributed by atoms with Crippen LogP contribution in [0.1, 0.15) is 15.9 Å². The van der Waals surface area contributed by atoms with Gasteiger partial charge in [0.1, 0.15) is 5.82 Å². The second-order valence-corrected chi connectivity index (χ2v) is 4.83. The van der Waals surface area contributed by atoms with Crippen LogP contribution in [0.15, 0.2) is 30.3 Å². The van der Waals surface area contributed by atoms with Crippen LogP contribution in [0.5, 0.6) is 17.2 Å². The Labute approximate surface area is 134 Å². The van der Waals surface area contributed by atoms with Gasteiger partial charge in [-0.05, 0) is 42.8 Å². The maximum atomic E-state index is 13.1. The van der Waals surface area contributed by atoms with E-state index in [0.29, 0.717) is 34.1 Å². The third-order valence-electron chi connectivity index (χ3n) is 3.36. The normalized spacial score (nSPS) is 10.1. The van der Waals surface area contributed by atoms with E-state index in [1.165, 1.54) is 39.5 Å². The van der Waals surface area contributed by atoms with Crippen molar-refractivity contribution < 1.29 is 23.4 Å². The third kappa shape index (κ3) is 3.53. The van der Waals surface area contributed by atoms with Crippen molar-refractivity contribution in [3.63, 3.8) is 0 Å². The monoisotopic (exact) mass is 319 g/mol. The molecule has 0 aliphatic carbocycles. The minimum absolute atomic E-state index is 0.336. The summed E-state index contributed by atoms with van der Waals surface area (Å²) in [7, 11) is 4.44. The quantitative estimate of drug-likeness (QED) is 0.917. The SMILES string of the molecule is COc1cc(C(=O)Nc2ccc(F)cc2C)cc(OC)c1OC. The second-order valence-electron chi connectivity index (χ2n) is 4.83. The predicted molar refractivity (Wildman–Crippen MR) is 85.2 cm³/mol. The summed E-state index contributed by atoms with van der Waals surface area (Å²) in [6, 6.07) is 7.26. The van der Waals surface area contributed by atoms with Crippen molar-refractivity contribution in [2.45, 2.75) is 6.92 Å². The molecule has 0 spiro atoms. The van der Waals surface area contributed by atoms with Crippen LogP contribution >= 0.6 is 0 Å². The summed E-state index contributed by atoms with van der Waals surface area (Å²) in [5.41, 5.74) is 1.50. The van der Waals surface area contributed by atoms with E-state index in [4.69, 9.17) is 14.2 Å². The van der Waals surface area contributed by atoms with Crippen molar-refractivity contribution in [3.05, 3.63) is 47.3 Å². The topological polar surface area (TPSA) is 56.8 Å². The Morgan fingerprint density at radius 3 is 2.09 bits per heavy atom. The van der Waals surface area contributed by atoms with Crippen LogP contribution < -0.4 is 19.5 Å². The first kappa shape index (κ1) is 16.6. The molecule has 5 nitrogen and oxygen atoms in total. The molecule has 0 radical (unpaired) electrons. The molecule has 2 aromatic carbocycles. The molecule has 2 rings (SSSR count). The van der Waals surface area contributed by atoms with Crippen molar-refractivity contribution in [2.24, 2.45) is 0 Å². The highest BCUT2D eigenvalue weighted by atomic mass is 19.1. The molecule has 122 valence electrons. The van der Waals surface area contributed by atoms with Gasteiger partial charge in [0.2, 0.25) is 5.75 Å². The molecule has 0 saturated heterocycles. The number of halogens is 1. The van der Waals surface area contributed by atoms with Crippen LogP contribution in [0.2, 0.25) is 0 Å². The summed E-state index contributed by atoms with van der Waals surface area (Å²) in [4.78, 5) is 12.4. The lowest BCUT2D eigenvalue weighted by atomic mass is 10.1. The fourth-order valence-electron chi connectivity index (χ4n) is 2.17. The zero-order valence-corrected chi connectivity index (χ0v) is 13.4. The summed E-state index contributed by atoms with van der Waals surface area (Å²) in [5, 5.41) is 2.74. The van der Waals surface area contributed by atoms with Gasteiger partial charge >= 0.3 is 0 Å². The van der Waals surface area contributed by atoms with Crippen LogP contribution in [0.25, 0.3) is 0 Å². The van der Waals surface area contributed by atoms with E-state index in [9.17, 15) is 9.18 Å². The summed E-state index contributed by atoms with van der Waals surface area (Å²) < 4.78 is 28.8. The van der Waals surface area contributed by atoms with Crippen LogP contribution in [-0.4, -0.2) is 27.2 Å². The van der Waals surface area contributed by atoms with E-state index in [0.717, 1.165) is 0 Å². The van der Waals surface area contributed by atoms with Crippen LogP contribution in [0.3, 0.4) is 0 Å². The smallest absolute Gasteiger partial charge is 0.255 e. The number of rotatable bonds is 5. The molecular weight excluding hydrogens is 301 g/mol. The molecule has 0 aliphatic rings. The van der Waals surface area contributed by atoms with Crippen LogP contribution in [-0.2, 0) is 0 Å². The zero-order valence-electron chi connectivity index (χ0n) is 13.4. The number of hydrogen-bond acceptors (Lipinski definition) is 4. The number of carbonyl (C=O) groups is 1. The van der Waals surface area contributed by atoms with E-state index in [-0.39, 0.29) is 11.7 Å². The summed E-state index contributed by atoms with van der Waals surface area (Å²) >= 11 is 0. The van der Waals surface area contributed by atoms with Gasteiger partial charge in [-0.1, -0.05) is 0 Å². The van der Waals surface area contributed by atoms with Gasteiger partial charge in [-0.3, -0.25) is 4.79 Å². The molecule has 0 aromatic heterocycles. The van der Waals surface area contributed by atoms with Crippen molar-refractivity contribution in [2.75, 3.05) is 26.6 Å². The minimum Gasteiger partial charge on any atom is -0.493 e. The molecule has 2 aromatic rings. The molecule has 0 unspecified atom stereocenters. The molecule has 0 atom stereocenters. The van der Waals surface area contributed by atoms with Crippen LogP contribution in [0.4, 0.5) is 10.1 Å². The standard InChI is InChI=1S/C17H18FNO4/c1-10-7-12(18)5-6-13(10)19-17(20)11-8-14(21-2)16(23-4)15(9-11)22-3/h5-9H,1-4H3,(H,19,20). The average Bonchev–Trinajstić information content (AvgIpc) is 2.55. The Hall–Kier alpha value is -2.76. The number of hydrogen-bond donors (Lipinski definition) is 1. The number of ether oxygens (including phenoxy) is 3. The molecule has 0 aliphatic heterocycles. The second kappa shape index (κ2) is 7.00. The first-order valence-electron chi connectivity index (χ1n) is 6.87. The maximum Gasteiger partial charge on any atom is 0.255 e. The molecule has 0 fully saturated rings. The fourth-order valence-corrected chi connectivity index (χ4v) is 2.17. The van der Waals surface area contributed by atoms with Gasteiger partial charge in [0.05, 0.1) is 21.3 Å².